The number of hydrazine groups is 1. The first-order chi connectivity index (χ1) is 3.85. The zero-order valence-corrected chi connectivity index (χ0v) is 6.41. The minimum atomic E-state index is 1.01. The van der Waals surface area contributed by atoms with Crippen molar-refractivity contribution in [3.8, 4) is 0 Å². The van der Waals surface area contributed by atoms with Crippen molar-refractivity contribution in [3.63, 3.8) is 0 Å². The molecular weight excluding hydrogens is 120 g/mol. The fourth-order valence-corrected chi connectivity index (χ4v) is 0.790. The molecule has 0 aromatic carbocycles. The Morgan fingerprint density at radius 3 is 2.25 bits per heavy atom. The normalized spacial score (nSPS) is 10.5. The monoisotopic (exact) mass is 134 g/mol. The molecule has 0 aromatic rings. The van der Waals surface area contributed by atoms with Crippen molar-refractivity contribution in [2.45, 2.75) is 20.3 Å². The molecule has 0 aromatic heterocycles. The molecule has 0 heterocycles. The van der Waals surface area contributed by atoms with Gasteiger partial charge in [0.05, 0.1) is 0 Å². The summed E-state index contributed by atoms with van der Waals surface area (Å²) in [6.07, 6.45) is 1.17. The van der Waals surface area contributed by atoms with E-state index in [-0.39, 0.29) is 0 Å². The fourth-order valence-electron chi connectivity index (χ4n) is 0.549. The van der Waals surface area contributed by atoms with Crippen molar-refractivity contribution in [3.05, 3.63) is 0 Å². The Hall–Kier alpha value is 0.270. The van der Waals surface area contributed by atoms with Gasteiger partial charge in [-0.3, -0.25) is 0 Å². The lowest BCUT2D eigenvalue weighted by Gasteiger charge is -2.15. The van der Waals surface area contributed by atoms with Crippen molar-refractivity contribution >= 4 is 12.8 Å². The second-order valence-electron chi connectivity index (χ2n) is 1.68. The van der Waals surface area contributed by atoms with Crippen LogP contribution in [0.2, 0.25) is 0 Å². The van der Waals surface area contributed by atoms with Gasteiger partial charge in [-0.1, -0.05) is 26.7 Å². The summed E-state index contributed by atoms with van der Waals surface area (Å²) in [6, 6.07) is 0. The second kappa shape index (κ2) is 5.41. The molecule has 2 nitrogen and oxygen atoms in total. The third kappa shape index (κ3) is 3.29. The Balaban J connectivity index is 3.07. The summed E-state index contributed by atoms with van der Waals surface area (Å²) < 4.78 is 0. The Morgan fingerprint density at radius 2 is 2.12 bits per heavy atom. The minimum absolute atomic E-state index is 1.01. The largest absolute Gasteiger partial charge is 0.235 e. The third-order valence-electron chi connectivity index (χ3n) is 1.02. The van der Waals surface area contributed by atoms with E-state index in [0.717, 1.165) is 13.1 Å². The van der Waals surface area contributed by atoms with Crippen LogP contribution < -0.4 is 4.83 Å². The van der Waals surface area contributed by atoms with Gasteiger partial charge >= 0.3 is 0 Å². The molecule has 0 saturated carbocycles. The second-order valence-corrected chi connectivity index (χ2v) is 1.88. The predicted molar refractivity (Wildman–Crippen MR) is 39.7 cm³/mol. The molecular formula is C5H14N2S. The summed E-state index contributed by atoms with van der Waals surface area (Å²) in [5.74, 6) is 0. The van der Waals surface area contributed by atoms with Crippen molar-refractivity contribution in [1.29, 1.82) is 0 Å². The van der Waals surface area contributed by atoms with Gasteiger partial charge in [0.15, 0.2) is 0 Å². The summed E-state index contributed by atoms with van der Waals surface area (Å²) in [7, 11) is 0. The molecule has 1 N–H and O–H groups in total. The number of thiol groups is 1. The maximum atomic E-state index is 3.91. The van der Waals surface area contributed by atoms with Gasteiger partial charge in [0, 0.05) is 13.1 Å². The van der Waals surface area contributed by atoms with Gasteiger partial charge < -0.3 is 0 Å². The molecule has 0 bridgehead atoms. The topological polar surface area (TPSA) is 15.3 Å². The quantitative estimate of drug-likeness (QED) is 0.441. The van der Waals surface area contributed by atoms with Gasteiger partial charge in [-0.2, -0.15) is 0 Å². The lowest BCUT2D eigenvalue weighted by atomic mass is 10.5. The highest BCUT2D eigenvalue weighted by Gasteiger charge is 1.92. The average Bonchev–Trinajstić information content (AvgIpc) is 1.83. The average molecular weight is 134 g/mol. The van der Waals surface area contributed by atoms with Crippen LogP contribution in [-0.4, -0.2) is 18.1 Å². The Bertz CT molecular complexity index is 45.7. The molecule has 0 unspecified atom stereocenters. The first-order valence-corrected chi connectivity index (χ1v) is 3.44. The van der Waals surface area contributed by atoms with Crippen LogP contribution >= 0.6 is 12.8 Å². The van der Waals surface area contributed by atoms with Crippen LogP contribution in [0.5, 0.6) is 0 Å². The highest BCUT2D eigenvalue weighted by Crippen LogP contribution is 1.84. The van der Waals surface area contributed by atoms with Crippen molar-refractivity contribution < 1.29 is 0 Å². The molecule has 0 atom stereocenters. The minimum Gasteiger partial charge on any atom is -0.235 e. The van der Waals surface area contributed by atoms with E-state index in [0.29, 0.717) is 0 Å². The molecule has 0 fully saturated rings. The number of hydrogen-bond acceptors (Lipinski definition) is 3. The van der Waals surface area contributed by atoms with E-state index in [1.165, 1.54) is 6.42 Å². The molecule has 0 aliphatic carbocycles. The zero-order chi connectivity index (χ0) is 6.41. The van der Waals surface area contributed by atoms with Gasteiger partial charge in [0.25, 0.3) is 0 Å². The summed E-state index contributed by atoms with van der Waals surface area (Å²) in [6.45, 7) is 6.32. The SMILES string of the molecule is CCCN(CC)NS. The van der Waals surface area contributed by atoms with Crippen LogP contribution in [0.15, 0.2) is 0 Å². The van der Waals surface area contributed by atoms with Gasteiger partial charge in [-0.15, -0.1) is 0 Å². The van der Waals surface area contributed by atoms with Crippen molar-refractivity contribution in [2.24, 2.45) is 0 Å². The van der Waals surface area contributed by atoms with Crippen molar-refractivity contribution in [1.82, 2.24) is 9.84 Å². The van der Waals surface area contributed by atoms with Crippen LogP contribution in [0.3, 0.4) is 0 Å². The van der Waals surface area contributed by atoms with Gasteiger partial charge in [0.2, 0.25) is 0 Å². The van der Waals surface area contributed by atoms with E-state index >= 15 is 0 Å². The van der Waals surface area contributed by atoms with E-state index in [1.54, 1.807) is 0 Å². The summed E-state index contributed by atoms with van der Waals surface area (Å²) in [5.41, 5.74) is 0. The Labute approximate surface area is 56.8 Å². The lowest BCUT2D eigenvalue weighted by Crippen LogP contribution is -2.31. The smallest absolute Gasteiger partial charge is 0.0137 e. The van der Waals surface area contributed by atoms with Crippen LogP contribution in [-0.2, 0) is 0 Å². The molecule has 0 rings (SSSR count). The first kappa shape index (κ1) is 8.27. The Morgan fingerprint density at radius 1 is 1.50 bits per heavy atom. The Kier molecular flexibility index (Phi) is 5.59. The predicted octanol–water partition coefficient (Wildman–Crippen LogP) is 1.07. The number of hydrogen-bond donors (Lipinski definition) is 2. The number of rotatable bonds is 4. The molecule has 50 valence electrons. The fraction of sp³-hybridized carbons (Fsp3) is 1.00. The maximum Gasteiger partial charge on any atom is 0.0137 e. The summed E-state index contributed by atoms with van der Waals surface area (Å²) in [4.78, 5) is 2.78. The number of nitrogens with one attached hydrogen (secondary N) is 1. The summed E-state index contributed by atoms with van der Waals surface area (Å²) in [5, 5.41) is 2.04. The van der Waals surface area contributed by atoms with E-state index < -0.39 is 0 Å². The highest BCUT2D eigenvalue weighted by molar-refractivity contribution is 7.78. The lowest BCUT2D eigenvalue weighted by molar-refractivity contribution is 0.267. The molecule has 0 aliphatic heterocycles. The molecule has 0 spiro atoms. The van der Waals surface area contributed by atoms with Crippen LogP contribution in [0.1, 0.15) is 20.3 Å². The van der Waals surface area contributed by atoms with E-state index in [2.05, 4.69) is 31.5 Å². The molecule has 8 heavy (non-hydrogen) atoms. The standard InChI is InChI=1S/C5H14N2S/c1-3-5-7(4-2)6-8/h6,8H,3-5H2,1-2H3. The molecule has 0 amide bonds. The van der Waals surface area contributed by atoms with Crippen molar-refractivity contribution in [2.75, 3.05) is 13.1 Å². The van der Waals surface area contributed by atoms with Gasteiger partial charge in [-0.05, 0) is 6.42 Å². The van der Waals surface area contributed by atoms with Gasteiger partial charge in [0.1, 0.15) is 0 Å². The van der Waals surface area contributed by atoms with Gasteiger partial charge in [-0.25, -0.2) is 9.84 Å². The third-order valence-corrected chi connectivity index (χ3v) is 1.30. The van der Waals surface area contributed by atoms with Crippen LogP contribution in [0.4, 0.5) is 0 Å². The first-order valence-electron chi connectivity index (χ1n) is 2.99. The molecule has 0 aliphatic rings. The van der Waals surface area contributed by atoms with Crippen LogP contribution in [0.25, 0.3) is 0 Å². The molecule has 0 saturated heterocycles. The highest BCUT2D eigenvalue weighted by atomic mass is 32.1. The molecule has 3 heteroatoms. The maximum absolute atomic E-state index is 3.91. The number of nitrogens with zero attached hydrogens (tertiary/aromatic N) is 1. The van der Waals surface area contributed by atoms with E-state index in [4.69, 9.17) is 0 Å². The summed E-state index contributed by atoms with van der Waals surface area (Å²) >= 11 is 3.91. The zero-order valence-electron chi connectivity index (χ0n) is 5.52. The molecule has 0 radical (unpaired) electrons. The van der Waals surface area contributed by atoms with E-state index in [1.807, 2.05) is 5.01 Å². The van der Waals surface area contributed by atoms with E-state index in [9.17, 15) is 0 Å². The van der Waals surface area contributed by atoms with Crippen LogP contribution in [0, 0.1) is 0 Å².